The molecular formula is C17H28FN3. The van der Waals surface area contributed by atoms with Crippen LogP contribution in [0.4, 0.5) is 10.2 Å². The lowest BCUT2D eigenvalue weighted by molar-refractivity contribution is 0.393. The van der Waals surface area contributed by atoms with E-state index in [9.17, 15) is 4.39 Å². The lowest BCUT2D eigenvalue weighted by Crippen LogP contribution is -2.35. The number of aromatic nitrogens is 1. The van der Waals surface area contributed by atoms with E-state index in [-0.39, 0.29) is 5.82 Å². The van der Waals surface area contributed by atoms with E-state index in [2.05, 4.69) is 36.0 Å². The third-order valence-electron chi connectivity index (χ3n) is 4.27. The van der Waals surface area contributed by atoms with Gasteiger partial charge in [-0.25, -0.2) is 9.37 Å². The summed E-state index contributed by atoms with van der Waals surface area (Å²) in [6.45, 7) is 10.3. The van der Waals surface area contributed by atoms with Crippen LogP contribution in [0.1, 0.15) is 45.6 Å². The van der Waals surface area contributed by atoms with Gasteiger partial charge in [0.05, 0.1) is 6.20 Å². The molecule has 0 spiro atoms. The van der Waals surface area contributed by atoms with Gasteiger partial charge >= 0.3 is 0 Å². The second-order valence-corrected chi connectivity index (χ2v) is 6.50. The molecule has 0 aromatic carbocycles. The highest BCUT2D eigenvalue weighted by molar-refractivity contribution is 5.47. The van der Waals surface area contributed by atoms with Crippen molar-refractivity contribution >= 4 is 5.82 Å². The van der Waals surface area contributed by atoms with Gasteiger partial charge in [-0.05, 0) is 37.3 Å². The van der Waals surface area contributed by atoms with Gasteiger partial charge in [0, 0.05) is 25.2 Å². The van der Waals surface area contributed by atoms with Crippen molar-refractivity contribution in [1.82, 2.24) is 10.3 Å². The van der Waals surface area contributed by atoms with E-state index in [1.54, 1.807) is 6.07 Å². The van der Waals surface area contributed by atoms with Crippen LogP contribution in [0.25, 0.3) is 0 Å². The third kappa shape index (κ3) is 4.67. The van der Waals surface area contributed by atoms with Crippen molar-refractivity contribution in [3.63, 3.8) is 0 Å². The molecule has 3 nitrogen and oxygen atoms in total. The number of halogens is 1. The van der Waals surface area contributed by atoms with Gasteiger partial charge in [0.2, 0.25) is 0 Å². The van der Waals surface area contributed by atoms with Crippen molar-refractivity contribution in [2.45, 2.75) is 46.6 Å². The van der Waals surface area contributed by atoms with Crippen LogP contribution in [0.3, 0.4) is 0 Å². The molecule has 118 valence electrons. The second kappa shape index (κ2) is 7.74. The van der Waals surface area contributed by atoms with Gasteiger partial charge in [-0.1, -0.05) is 27.2 Å². The Hall–Kier alpha value is -1.16. The van der Waals surface area contributed by atoms with Crippen LogP contribution in [0.2, 0.25) is 0 Å². The average molecular weight is 293 g/mol. The van der Waals surface area contributed by atoms with Crippen molar-refractivity contribution in [3.8, 4) is 0 Å². The number of rotatable bonds is 6. The molecule has 1 aliphatic heterocycles. The Balaban J connectivity index is 2.04. The number of nitrogens with one attached hydrogen (secondary N) is 1. The van der Waals surface area contributed by atoms with E-state index in [1.165, 1.54) is 25.5 Å². The monoisotopic (exact) mass is 293 g/mol. The first kappa shape index (κ1) is 16.2. The Morgan fingerprint density at radius 2 is 2.10 bits per heavy atom. The van der Waals surface area contributed by atoms with Crippen molar-refractivity contribution < 1.29 is 4.39 Å². The molecule has 0 atom stereocenters. The Morgan fingerprint density at radius 1 is 1.38 bits per heavy atom. The molecule has 0 amide bonds. The molecule has 1 fully saturated rings. The SMILES string of the molecule is CCC1CCN(c2ncc(F)cc2CNCC(C)C)CC1. The highest BCUT2D eigenvalue weighted by atomic mass is 19.1. The van der Waals surface area contributed by atoms with Crippen LogP contribution >= 0.6 is 0 Å². The molecular weight excluding hydrogens is 265 g/mol. The average Bonchev–Trinajstić information content (AvgIpc) is 2.47. The molecule has 1 N–H and O–H groups in total. The number of pyridine rings is 1. The molecule has 0 aliphatic carbocycles. The lowest BCUT2D eigenvalue weighted by Gasteiger charge is -2.33. The largest absolute Gasteiger partial charge is 0.356 e. The molecule has 2 heterocycles. The summed E-state index contributed by atoms with van der Waals surface area (Å²) in [5.74, 6) is 2.14. The van der Waals surface area contributed by atoms with E-state index in [1.807, 2.05) is 0 Å². The lowest BCUT2D eigenvalue weighted by atomic mass is 9.94. The molecule has 21 heavy (non-hydrogen) atoms. The van der Waals surface area contributed by atoms with Crippen molar-refractivity contribution in [2.24, 2.45) is 11.8 Å². The third-order valence-corrected chi connectivity index (χ3v) is 4.27. The predicted molar refractivity (Wildman–Crippen MR) is 86.0 cm³/mol. The first-order chi connectivity index (χ1) is 10.1. The smallest absolute Gasteiger partial charge is 0.141 e. The minimum absolute atomic E-state index is 0.247. The van der Waals surface area contributed by atoms with E-state index < -0.39 is 0 Å². The van der Waals surface area contributed by atoms with Gasteiger partial charge < -0.3 is 10.2 Å². The standard InChI is InChI=1S/C17H28FN3/c1-4-14-5-7-21(8-6-14)17-15(9-16(18)12-20-17)11-19-10-13(2)3/h9,12-14,19H,4-8,10-11H2,1-3H3. The van der Waals surface area contributed by atoms with Crippen LogP contribution in [0, 0.1) is 17.7 Å². The molecule has 1 aliphatic rings. The Bertz CT molecular complexity index is 440. The van der Waals surface area contributed by atoms with Gasteiger partial charge in [-0.15, -0.1) is 0 Å². The Labute approximate surface area is 127 Å². The summed E-state index contributed by atoms with van der Waals surface area (Å²) in [4.78, 5) is 6.68. The molecule has 0 saturated carbocycles. The van der Waals surface area contributed by atoms with Crippen molar-refractivity contribution in [3.05, 3.63) is 23.6 Å². The van der Waals surface area contributed by atoms with Crippen LogP contribution in [-0.2, 0) is 6.54 Å². The van der Waals surface area contributed by atoms with Gasteiger partial charge in [0.1, 0.15) is 11.6 Å². The second-order valence-electron chi connectivity index (χ2n) is 6.50. The zero-order chi connectivity index (χ0) is 15.2. The maximum Gasteiger partial charge on any atom is 0.141 e. The van der Waals surface area contributed by atoms with Crippen LogP contribution in [0.5, 0.6) is 0 Å². The molecule has 0 bridgehead atoms. The quantitative estimate of drug-likeness (QED) is 0.868. The zero-order valence-electron chi connectivity index (χ0n) is 13.5. The van der Waals surface area contributed by atoms with Crippen LogP contribution in [-0.4, -0.2) is 24.6 Å². The summed E-state index contributed by atoms with van der Waals surface area (Å²) in [7, 11) is 0. The van der Waals surface area contributed by atoms with Crippen LogP contribution in [0.15, 0.2) is 12.3 Å². The van der Waals surface area contributed by atoms with E-state index >= 15 is 0 Å². The summed E-state index contributed by atoms with van der Waals surface area (Å²) < 4.78 is 13.5. The predicted octanol–water partition coefficient (Wildman–Crippen LogP) is 3.59. The topological polar surface area (TPSA) is 28.2 Å². The number of nitrogens with zero attached hydrogens (tertiary/aromatic N) is 2. The van der Waals surface area contributed by atoms with Crippen LogP contribution < -0.4 is 10.2 Å². The Morgan fingerprint density at radius 3 is 2.71 bits per heavy atom. The molecule has 0 radical (unpaired) electrons. The van der Waals surface area contributed by atoms with E-state index in [4.69, 9.17) is 0 Å². The van der Waals surface area contributed by atoms with E-state index in [0.29, 0.717) is 12.5 Å². The molecule has 0 unspecified atom stereocenters. The maximum absolute atomic E-state index is 13.5. The highest BCUT2D eigenvalue weighted by Gasteiger charge is 2.21. The summed E-state index contributed by atoms with van der Waals surface area (Å²) in [5, 5.41) is 3.39. The fourth-order valence-electron chi connectivity index (χ4n) is 2.94. The fourth-order valence-corrected chi connectivity index (χ4v) is 2.94. The first-order valence-electron chi connectivity index (χ1n) is 8.20. The van der Waals surface area contributed by atoms with Gasteiger partial charge in [-0.3, -0.25) is 0 Å². The van der Waals surface area contributed by atoms with E-state index in [0.717, 1.165) is 36.9 Å². The number of hydrogen-bond acceptors (Lipinski definition) is 3. The van der Waals surface area contributed by atoms with Gasteiger partial charge in [0.15, 0.2) is 0 Å². The van der Waals surface area contributed by atoms with Crippen molar-refractivity contribution in [1.29, 1.82) is 0 Å². The molecule has 2 rings (SSSR count). The molecule has 1 aromatic heterocycles. The summed E-state index contributed by atoms with van der Waals surface area (Å²) >= 11 is 0. The zero-order valence-corrected chi connectivity index (χ0v) is 13.5. The van der Waals surface area contributed by atoms with Crippen molar-refractivity contribution in [2.75, 3.05) is 24.5 Å². The van der Waals surface area contributed by atoms with Gasteiger partial charge in [0.25, 0.3) is 0 Å². The minimum Gasteiger partial charge on any atom is -0.356 e. The fraction of sp³-hybridized carbons (Fsp3) is 0.706. The summed E-state index contributed by atoms with van der Waals surface area (Å²) in [6.07, 6.45) is 5.03. The normalized spacial score (nSPS) is 16.7. The Kier molecular flexibility index (Phi) is 5.97. The maximum atomic E-state index is 13.5. The number of hydrogen-bond donors (Lipinski definition) is 1. The van der Waals surface area contributed by atoms with Gasteiger partial charge in [-0.2, -0.15) is 0 Å². The molecule has 1 saturated heterocycles. The minimum atomic E-state index is -0.247. The molecule has 1 aromatic rings. The molecule has 4 heteroatoms. The number of piperidine rings is 1. The number of anilines is 1. The first-order valence-corrected chi connectivity index (χ1v) is 8.20. The highest BCUT2D eigenvalue weighted by Crippen LogP contribution is 2.26. The summed E-state index contributed by atoms with van der Waals surface area (Å²) in [5.41, 5.74) is 0.977. The summed E-state index contributed by atoms with van der Waals surface area (Å²) in [6, 6.07) is 1.63.